The summed E-state index contributed by atoms with van der Waals surface area (Å²) >= 11 is 0. The number of nitrogens with zero attached hydrogens (tertiary/aromatic N) is 2. The Labute approximate surface area is 80.9 Å². The maximum absolute atomic E-state index is 5.48. The number of nitrogen functional groups attached to an aromatic ring is 1. The predicted octanol–water partition coefficient (Wildman–Crippen LogP) is 1.06. The number of hydrogen-bond donors (Lipinski definition) is 2. The van der Waals surface area contributed by atoms with Gasteiger partial charge in [0.25, 0.3) is 0 Å². The van der Waals surface area contributed by atoms with Crippen molar-refractivity contribution in [1.82, 2.24) is 15.2 Å². The van der Waals surface area contributed by atoms with Gasteiger partial charge >= 0.3 is 0 Å². The Kier molecular flexibility index (Phi) is 2.06. The van der Waals surface area contributed by atoms with Crippen LogP contribution in [0.2, 0.25) is 0 Å². The highest BCUT2D eigenvalue weighted by Crippen LogP contribution is 2.18. The Hall–Kier alpha value is -2.04. The van der Waals surface area contributed by atoms with Crippen molar-refractivity contribution in [2.75, 3.05) is 12.8 Å². The minimum absolute atomic E-state index is 0.456. The lowest BCUT2D eigenvalue weighted by Gasteiger charge is -1.99. The molecule has 2 aromatic rings. The van der Waals surface area contributed by atoms with Gasteiger partial charge in [0.05, 0.1) is 24.7 Å². The zero-order chi connectivity index (χ0) is 9.97. The number of aromatic nitrogens is 3. The second-order valence-electron chi connectivity index (χ2n) is 2.79. The van der Waals surface area contributed by atoms with Gasteiger partial charge in [-0.25, -0.2) is 0 Å². The van der Waals surface area contributed by atoms with E-state index in [9.17, 15) is 0 Å². The molecule has 0 atom stereocenters. The first-order chi connectivity index (χ1) is 6.79. The zero-order valence-corrected chi connectivity index (χ0v) is 7.69. The van der Waals surface area contributed by atoms with E-state index in [0.717, 1.165) is 17.1 Å². The van der Waals surface area contributed by atoms with Crippen LogP contribution in [-0.4, -0.2) is 22.3 Å². The number of nitrogens with one attached hydrogen (secondary N) is 1. The molecule has 0 saturated carbocycles. The van der Waals surface area contributed by atoms with Gasteiger partial charge in [0.15, 0.2) is 0 Å². The van der Waals surface area contributed by atoms with E-state index in [2.05, 4.69) is 15.2 Å². The van der Waals surface area contributed by atoms with Crippen LogP contribution in [0.25, 0.3) is 11.4 Å². The van der Waals surface area contributed by atoms with Crippen molar-refractivity contribution in [2.45, 2.75) is 0 Å². The molecule has 0 saturated heterocycles. The fourth-order valence-corrected chi connectivity index (χ4v) is 1.13. The molecule has 0 spiro atoms. The second kappa shape index (κ2) is 3.37. The first kappa shape index (κ1) is 8.55. The maximum atomic E-state index is 5.48. The Balaban J connectivity index is 2.33. The van der Waals surface area contributed by atoms with Crippen LogP contribution in [0.15, 0.2) is 24.4 Å². The Morgan fingerprint density at radius 1 is 1.43 bits per heavy atom. The predicted molar refractivity (Wildman–Crippen MR) is 52.8 cm³/mol. The molecular weight excluding hydrogens is 180 g/mol. The molecule has 0 aromatic carbocycles. The number of methoxy groups -OCH3 is 1. The molecule has 0 aliphatic heterocycles. The average Bonchev–Trinajstić information content (AvgIpc) is 2.65. The number of pyridine rings is 1. The van der Waals surface area contributed by atoms with Gasteiger partial charge in [-0.05, 0) is 12.1 Å². The van der Waals surface area contributed by atoms with E-state index < -0.39 is 0 Å². The first-order valence-electron chi connectivity index (χ1n) is 4.11. The van der Waals surface area contributed by atoms with E-state index in [1.165, 1.54) is 0 Å². The molecule has 0 radical (unpaired) electrons. The van der Waals surface area contributed by atoms with Crippen LogP contribution < -0.4 is 10.5 Å². The molecule has 0 amide bonds. The summed E-state index contributed by atoms with van der Waals surface area (Å²) in [7, 11) is 1.60. The highest BCUT2D eigenvalue weighted by atomic mass is 16.5. The van der Waals surface area contributed by atoms with Gasteiger partial charge in [-0.15, -0.1) is 0 Å². The van der Waals surface area contributed by atoms with E-state index in [4.69, 9.17) is 10.5 Å². The van der Waals surface area contributed by atoms with Gasteiger partial charge in [-0.2, -0.15) is 5.10 Å². The summed E-state index contributed by atoms with van der Waals surface area (Å²) in [4.78, 5) is 4.18. The summed E-state index contributed by atoms with van der Waals surface area (Å²) in [5, 5.41) is 6.60. The van der Waals surface area contributed by atoms with Crippen LogP contribution in [0.1, 0.15) is 0 Å². The van der Waals surface area contributed by atoms with Crippen molar-refractivity contribution in [1.29, 1.82) is 0 Å². The topological polar surface area (TPSA) is 76.8 Å². The molecule has 0 fully saturated rings. The highest BCUT2D eigenvalue weighted by Gasteiger charge is 2.02. The summed E-state index contributed by atoms with van der Waals surface area (Å²) in [6.07, 6.45) is 1.65. The van der Waals surface area contributed by atoms with E-state index in [0.29, 0.717) is 5.82 Å². The molecule has 3 N–H and O–H groups in total. The molecule has 72 valence electrons. The van der Waals surface area contributed by atoms with Crippen LogP contribution in [0.4, 0.5) is 5.82 Å². The number of anilines is 1. The van der Waals surface area contributed by atoms with E-state index in [1.807, 2.05) is 12.1 Å². The van der Waals surface area contributed by atoms with Crippen LogP contribution >= 0.6 is 0 Å². The van der Waals surface area contributed by atoms with Crippen molar-refractivity contribution in [3.05, 3.63) is 24.4 Å². The molecule has 0 bridgehead atoms. The Morgan fingerprint density at radius 3 is 2.79 bits per heavy atom. The normalized spacial score (nSPS) is 10.1. The van der Waals surface area contributed by atoms with Crippen LogP contribution in [0.3, 0.4) is 0 Å². The standard InChI is InChI=1S/C9H10N4O/c1-14-6-2-3-7(11-5-6)8-4-9(10)13-12-8/h2-5H,1H3,(H3,10,12,13). The molecule has 0 aliphatic carbocycles. The van der Waals surface area contributed by atoms with Crippen molar-refractivity contribution in [3.63, 3.8) is 0 Å². The number of ether oxygens (including phenoxy) is 1. The third kappa shape index (κ3) is 1.52. The third-order valence-electron chi connectivity index (χ3n) is 1.85. The van der Waals surface area contributed by atoms with Gasteiger partial charge in [0.1, 0.15) is 11.6 Å². The van der Waals surface area contributed by atoms with Crippen LogP contribution in [0, 0.1) is 0 Å². The van der Waals surface area contributed by atoms with Crippen molar-refractivity contribution >= 4 is 5.82 Å². The fraction of sp³-hybridized carbons (Fsp3) is 0.111. The van der Waals surface area contributed by atoms with Gasteiger partial charge in [-0.1, -0.05) is 0 Å². The van der Waals surface area contributed by atoms with Crippen molar-refractivity contribution in [2.24, 2.45) is 0 Å². The summed E-state index contributed by atoms with van der Waals surface area (Å²) in [6.45, 7) is 0. The maximum Gasteiger partial charge on any atom is 0.145 e. The van der Waals surface area contributed by atoms with Gasteiger partial charge < -0.3 is 10.5 Å². The largest absolute Gasteiger partial charge is 0.495 e. The minimum atomic E-state index is 0.456. The third-order valence-corrected chi connectivity index (χ3v) is 1.85. The first-order valence-corrected chi connectivity index (χ1v) is 4.11. The lowest BCUT2D eigenvalue weighted by Crippen LogP contribution is -1.86. The summed E-state index contributed by atoms with van der Waals surface area (Å²) in [5.74, 6) is 1.18. The molecular formula is C9H10N4O. The highest BCUT2D eigenvalue weighted by molar-refractivity contribution is 5.57. The molecule has 5 heteroatoms. The summed E-state index contributed by atoms with van der Waals surface area (Å²) < 4.78 is 5.00. The van der Waals surface area contributed by atoms with Crippen LogP contribution in [-0.2, 0) is 0 Å². The number of rotatable bonds is 2. The molecule has 5 nitrogen and oxygen atoms in total. The quantitative estimate of drug-likeness (QED) is 0.742. The number of H-pyrrole nitrogens is 1. The molecule has 2 aromatic heterocycles. The molecule has 0 aliphatic rings. The van der Waals surface area contributed by atoms with Gasteiger partial charge in [0, 0.05) is 6.07 Å². The number of aromatic amines is 1. The van der Waals surface area contributed by atoms with Crippen molar-refractivity contribution in [3.8, 4) is 17.1 Å². The van der Waals surface area contributed by atoms with Crippen molar-refractivity contribution < 1.29 is 4.74 Å². The average molecular weight is 190 g/mol. The lowest BCUT2D eigenvalue weighted by molar-refractivity contribution is 0.413. The van der Waals surface area contributed by atoms with Gasteiger partial charge in [0.2, 0.25) is 0 Å². The number of hydrogen-bond acceptors (Lipinski definition) is 4. The Bertz CT molecular complexity index is 421. The molecule has 2 rings (SSSR count). The fourth-order valence-electron chi connectivity index (χ4n) is 1.13. The molecule has 0 unspecified atom stereocenters. The van der Waals surface area contributed by atoms with Crippen LogP contribution in [0.5, 0.6) is 5.75 Å². The molecule has 14 heavy (non-hydrogen) atoms. The van der Waals surface area contributed by atoms with E-state index in [1.54, 1.807) is 19.4 Å². The zero-order valence-electron chi connectivity index (χ0n) is 7.69. The SMILES string of the molecule is COc1ccc(-c2cc(N)n[nH]2)nc1. The minimum Gasteiger partial charge on any atom is -0.495 e. The van der Waals surface area contributed by atoms with E-state index in [-0.39, 0.29) is 0 Å². The van der Waals surface area contributed by atoms with Gasteiger partial charge in [-0.3, -0.25) is 10.1 Å². The number of nitrogens with two attached hydrogens (primary N) is 1. The molecule has 2 heterocycles. The lowest BCUT2D eigenvalue weighted by atomic mass is 10.3. The Morgan fingerprint density at radius 2 is 2.29 bits per heavy atom. The summed E-state index contributed by atoms with van der Waals surface area (Å²) in [6, 6.07) is 5.40. The smallest absolute Gasteiger partial charge is 0.145 e. The monoisotopic (exact) mass is 190 g/mol. The second-order valence-corrected chi connectivity index (χ2v) is 2.79. The summed E-state index contributed by atoms with van der Waals surface area (Å²) in [5.41, 5.74) is 7.06. The van der Waals surface area contributed by atoms with E-state index >= 15 is 0 Å².